The Hall–Kier alpha value is -2.92. The van der Waals surface area contributed by atoms with E-state index in [1.54, 1.807) is 6.07 Å². The summed E-state index contributed by atoms with van der Waals surface area (Å²) in [6.45, 7) is 2.71. The van der Waals surface area contributed by atoms with Crippen molar-refractivity contribution < 1.29 is 9.18 Å². The van der Waals surface area contributed by atoms with Crippen LogP contribution in [-0.2, 0) is 13.1 Å². The van der Waals surface area contributed by atoms with Crippen molar-refractivity contribution in [3.05, 3.63) is 95.6 Å². The molecule has 2 atom stereocenters. The molecule has 2 aliphatic heterocycles. The molecule has 1 aromatic heterocycles. The summed E-state index contributed by atoms with van der Waals surface area (Å²) in [6.07, 6.45) is 2.00. The van der Waals surface area contributed by atoms with Crippen LogP contribution in [0.1, 0.15) is 27.7 Å². The molecule has 2 aliphatic rings. The number of rotatable bonds is 4. The molecule has 1 fully saturated rings. The minimum Gasteiger partial charge on any atom is -0.337 e. The predicted octanol–water partition coefficient (Wildman–Crippen LogP) is 3.71. The first-order valence-electron chi connectivity index (χ1n) is 9.68. The largest absolute Gasteiger partial charge is 0.337 e. The Balaban J connectivity index is 1.44. The Morgan fingerprint density at radius 2 is 1.61 bits per heavy atom. The molecule has 1 amide bonds. The maximum absolute atomic E-state index is 14.1. The van der Waals surface area contributed by atoms with Gasteiger partial charge in [0.25, 0.3) is 5.91 Å². The molecule has 0 bridgehead atoms. The van der Waals surface area contributed by atoms with Gasteiger partial charge in [0.2, 0.25) is 0 Å². The molecule has 28 heavy (non-hydrogen) atoms. The summed E-state index contributed by atoms with van der Waals surface area (Å²) in [5.74, 6) is -0.0981. The molecular weight excluding hydrogens is 353 g/mol. The van der Waals surface area contributed by atoms with Gasteiger partial charge in [-0.05, 0) is 23.8 Å². The van der Waals surface area contributed by atoms with Gasteiger partial charge in [0.05, 0.1) is 12.1 Å². The Morgan fingerprint density at radius 3 is 2.43 bits per heavy atom. The minimum atomic E-state index is -0.170. The third kappa shape index (κ3) is 2.92. The Bertz CT molecular complexity index is 1000. The molecule has 0 saturated carbocycles. The first-order chi connectivity index (χ1) is 13.7. The number of nitrogens with zero attached hydrogens (tertiary/aromatic N) is 3. The lowest BCUT2D eigenvalue weighted by molar-refractivity contribution is 0.0556. The van der Waals surface area contributed by atoms with Gasteiger partial charge in [0.1, 0.15) is 11.5 Å². The fourth-order valence-corrected chi connectivity index (χ4v) is 4.55. The van der Waals surface area contributed by atoms with Crippen molar-refractivity contribution in [2.45, 2.75) is 25.2 Å². The monoisotopic (exact) mass is 375 g/mol. The second kappa shape index (κ2) is 6.91. The average Bonchev–Trinajstić information content (AvgIpc) is 3.35. The van der Waals surface area contributed by atoms with Gasteiger partial charge in [0, 0.05) is 37.9 Å². The van der Waals surface area contributed by atoms with Crippen molar-refractivity contribution >= 4 is 5.91 Å². The first kappa shape index (κ1) is 17.2. The minimum absolute atomic E-state index is 0.0721. The smallest absolute Gasteiger partial charge is 0.271 e. The van der Waals surface area contributed by atoms with E-state index in [0.29, 0.717) is 18.7 Å². The van der Waals surface area contributed by atoms with E-state index in [0.717, 1.165) is 24.3 Å². The van der Waals surface area contributed by atoms with E-state index in [9.17, 15) is 9.18 Å². The highest BCUT2D eigenvalue weighted by molar-refractivity contribution is 5.94. The highest BCUT2D eigenvalue weighted by atomic mass is 19.1. The number of halogens is 1. The molecule has 5 rings (SSSR count). The van der Waals surface area contributed by atoms with E-state index in [2.05, 4.69) is 21.6 Å². The van der Waals surface area contributed by atoms with Crippen molar-refractivity contribution in [1.82, 2.24) is 14.4 Å². The number of likely N-dealkylation sites (tertiary alicyclic amines) is 1. The number of amides is 1. The van der Waals surface area contributed by atoms with Crippen molar-refractivity contribution in [1.29, 1.82) is 0 Å². The third-order valence-corrected chi connectivity index (χ3v) is 5.90. The first-order valence-corrected chi connectivity index (χ1v) is 9.68. The molecule has 0 aliphatic carbocycles. The van der Waals surface area contributed by atoms with Crippen LogP contribution in [0.3, 0.4) is 0 Å². The van der Waals surface area contributed by atoms with E-state index in [4.69, 9.17) is 0 Å². The molecular formula is C23H22FN3O. The zero-order valence-corrected chi connectivity index (χ0v) is 15.5. The molecule has 3 heterocycles. The molecule has 0 radical (unpaired) electrons. The summed E-state index contributed by atoms with van der Waals surface area (Å²) < 4.78 is 16.2. The van der Waals surface area contributed by atoms with Crippen LogP contribution < -0.4 is 0 Å². The highest BCUT2D eigenvalue weighted by Crippen LogP contribution is 2.35. The van der Waals surface area contributed by atoms with Crippen LogP contribution in [-0.4, -0.2) is 39.4 Å². The lowest BCUT2D eigenvalue weighted by atomic mass is 10.0. The Kier molecular flexibility index (Phi) is 4.24. The zero-order chi connectivity index (χ0) is 19.1. The molecule has 5 heteroatoms. The maximum Gasteiger partial charge on any atom is 0.271 e. The van der Waals surface area contributed by atoms with E-state index >= 15 is 0 Å². The van der Waals surface area contributed by atoms with Crippen LogP contribution in [0.4, 0.5) is 4.39 Å². The molecule has 0 N–H and O–H groups in total. The summed E-state index contributed by atoms with van der Waals surface area (Å²) in [6, 6.07) is 21.2. The number of carbonyl (C=O) groups is 1. The van der Waals surface area contributed by atoms with Crippen LogP contribution in [0, 0.1) is 5.82 Å². The Morgan fingerprint density at radius 1 is 0.857 bits per heavy atom. The SMILES string of the molecule is O=C1c2cccn2[C@@H]2CN(Cc3ccccc3F)C[C@H]2N1Cc1ccccc1. The molecule has 0 spiro atoms. The molecule has 1 saturated heterocycles. The van der Waals surface area contributed by atoms with E-state index in [1.165, 1.54) is 6.07 Å². The summed E-state index contributed by atoms with van der Waals surface area (Å²) in [5, 5.41) is 0. The van der Waals surface area contributed by atoms with E-state index in [1.807, 2.05) is 53.6 Å². The van der Waals surface area contributed by atoms with Crippen LogP contribution >= 0.6 is 0 Å². The van der Waals surface area contributed by atoms with Gasteiger partial charge < -0.3 is 9.47 Å². The van der Waals surface area contributed by atoms with Crippen molar-refractivity contribution in [3.63, 3.8) is 0 Å². The summed E-state index contributed by atoms with van der Waals surface area (Å²) >= 11 is 0. The maximum atomic E-state index is 14.1. The van der Waals surface area contributed by atoms with Crippen LogP contribution in [0.5, 0.6) is 0 Å². The molecule has 0 unspecified atom stereocenters. The summed E-state index contributed by atoms with van der Waals surface area (Å²) in [5.41, 5.74) is 2.57. The highest BCUT2D eigenvalue weighted by Gasteiger charge is 2.44. The van der Waals surface area contributed by atoms with Crippen molar-refractivity contribution in [3.8, 4) is 0 Å². The molecule has 4 nitrogen and oxygen atoms in total. The quantitative estimate of drug-likeness (QED) is 0.696. The topological polar surface area (TPSA) is 28.5 Å². The van der Waals surface area contributed by atoms with Gasteiger partial charge in [-0.2, -0.15) is 0 Å². The second-order valence-corrected chi connectivity index (χ2v) is 7.64. The van der Waals surface area contributed by atoms with Gasteiger partial charge in [0.15, 0.2) is 0 Å². The second-order valence-electron chi connectivity index (χ2n) is 7.64. The standard InChI is InChI=1S/C23H22FN3O/c24-19-10-5-4-9-18(19)14-25-15-21-22(16-25)27(13-17-7-2-1-3-8-17)23(28)20-11-6-12-26(20)21/h1-12,21-22H,13-16H2/t21-,22-/m1/s1. The fourth-order valence-electron chi connectivity index (χ4n) is 4.55. The number of fused-ring (bicyclic) bond motifs is 3. The zero-order valence-electron chi connectivity index (χ0n) is 15.5. The number of aromatic nitrogens is 1. The lowest BCUT2D eigenvalue weighted by Gasteiger charge is -2.38. The molecule has 3 aromatic rings. The van der Waals surface area contributed by atoms with Gasteiger partial charge in [-0.25, -0.2) is 4.39 Å². The Labute approximate surface area is 163 Å². The summed E-state index contributed by atoms with van der Waals surface area (Å²) in [4.78, 5) is 17.4. The van der Waals surface area contributed by atoms with Gasteiger partial charge in [-0.3, -0.25) is 9.69 Å². The number of hydrogen-bond acceptors (Lipinski definition) is 2. The van der Waals surface area contributed by atoms with E-state index in [-0.39, 0.29) is 23.8 Å². The van der Waals surface area contributed by atoms with Crippen LogP contribution in [0.15, 0.2) is 72.9 Å². The number of hydrogen-bond donors (Lipinski definition) is 0. The summed E-state index contributed by atoms with van der Waals surface area (Å²) in [7, 11) is 0. The molecule has 142 valence electrons. The molecule has 2 aromatic carbocycles. The van der Waals surface area contributed by atoms with Gasteiger partial charge >= 0.3 is 0 Å². The van der Waals surface area contributed by atoms with Crippen LogP contribution in [0.25, 0.3) is 0 Å². The normalized spacial score (nSPS) is 21.6. The van der Waals surface area contributed by atoms with Crippen molar-refractivity contribution in [2.75, 3.05) is 13.1 Å². The van der Waals surface area contributed by atoms with Gasteiger partial charge in [-0.1, -0.05) is 48.5 Å². The van der Waals surface area contributed by atoms with Crippen LogP contribution in [0.2, 0.25) is 0 Å². The number of carbonyl (C=O) groups excluding carboxylic acids is 1. The average molecular weight is 375 g/mol. The predicted molar refractivity (Wildman–Crippen MR) is 105 cm³/mol. The fraction of sp³-hybridized carbons (Fsp3) is 0.261. The lowest BCUT2D eigenvalue weighted by Crippen LogP contribution is -2.49. The van der Waals surface area contributed by atoms with E-state index < -0.39 is 0 Å². The third-order valence-electron chi connectivity index (χ3n) is 5.90. The number of benzene rings is 2. The van der Waals surface area contributed by atoms with Crippen molar-refractivity contribution in [2.24, 2.45) is 0 Å². The van der Waals surface area contributed by atoms with Gasteiger partial charge in [-0.15, -0.1) is 0 Å².